The van der Waals surface area contributed by atoms with Gasteiger partial charge in [-0.3, -0.25) is 0 Å². The van der Waals surface area contributed by atoms with Crippen molar-refractivity contribution < 1.29 is 31.0 Å². The summed E-state index contributed by atoms with van der Waals surface area (Å²) in [5.41, 5.74) is 0. The molecule has 0 aromatic carbocycles. The van der Waals surface area contributed by atoms with E-state index in [1.54, 1.807) is 6.92 Å². The summed E-state index contributed by atoms with van der Waals surface area (Å²) in [7, 11) is 0. The molecule has 0 heterocycles. The predicted octanol–water partition coefficient (Wildman–Crippen LogP) is -3.86. The van der Waals surface area contributed by atoms with E-state index in [1.807, 2.05) is 13.8 Å². The van der Waals surface area contributed by atoms with Crippen LogP contribution in [0, 0.1) is 5.92 Å². The molecule has 9 heavy (non-hydrogen) atoms. The highest BCUT2D eigenvalue weighted by Gasteiger charge is 2.21. The third kappa shape index (κ3) is 5.07. The highest BCUT2D eigenvalue weighted by molar-refractivity contribution is 4.50. The highest BCUT2D eigenvalue weighted by atomic mass is 127. The summed E-state index contributed by atoms with van der Waals surface area (Å²) >= 11 is -3.43. The van der Waals surface area contributed by atoms with Crippen LogP contribution in [0.2, 0.25) is 0 Å². The smallest absolute Gasteiger partial charge is 0.396 e. The summed E-state index contributed by atoms with van der Waals surface area (Å²) in [5, 5.41) is 0. The molecule has 0 amide bonds. The molecule has 0 rings (SSSR count). The SMILES string of the molecule is CC(C)C(C)O[I+2]([O-])[O-]. The standard InChI is InChI=1S/C5H11IO3/c1-4(2)5(3)9-6(7)8/h4-5H,1-3H3. The molecular weight excluding hydrogens is 235 g/mol. The minimum absolute atomic E-state index is 0.162. The number of halogens is 1. The Morgan fingerprint density at radius 2 is 1.67 bits per heavy atom. The average Bonchev–Trinajstić information content (AvgIpc) is 1.63. The Bertz CT molecular complexity index is 74.6. The quantitative estimate of drug-likeness (QED) is 0.479. The normalized spacial score (nSPS) is 15.0. The minimum atomic E-state index is -3.43. The van der Waals surface area contributed by atoms with E-state index < -0.39 is 21.1 Å². The second kappa shape index (κ2) is 4.43. The maximum atomic E-state index is 10.0. The third-order valence-electron chi connectivity index (χ3n) is 1.15. The van der Waals surface area contributed by atoms with Gasteiger partial charge in [-0.1, -0.05) is 13.8 Å². The Hall–Kier alpha value is 0.610. The molecule has 0 radical (unpaired) electrons. The molecule has 1 atom stereocenters. The predicted molar refractivity (Wildman–Crippen MR) is 25.4 cm³/mol. The van der Waals surface area contributed by atoms with Crippen LogP contribution in [0.5, 0.6) is 0 Å². The van der Waals surface area contributed by atoms with Gasteiger partial charge in [0.1, 0.15) is 0 Å². The Morgan fingerprint density at radius 1 is 1.22 bits per heavy atom. The number of rotatable bonds is 3. The molecule has 0 aromatic heterocycles. The summed E-state index contributed by atoms with van der Waals surface area (Å²) in [6, 6.07) is 0. The lowest BCUT2D eigenvalue weighted by Crippen LogP contribution is -3.99. The molecule has 56 valence electrons. The van der Waals surface area contributed by atoms with E-state index in [0.717, 1.165) is 0 Å². The fraction of sp³-hybridized carbons (Fsp3) is 1.00. The van der Waals surface area contributed by atoms with Gasteiger partial charge in [0.25, 0.3) is 0 Å². The third-order valence-corrected chi connectivity index (χ3v) is 2.37. The Morgan fingerprint density at radius 3 is 1.78 bits per heavy atom. The molecule has 1 unspecified atom stereocenters. The Labute approximate surface area is 64.1 Å². The van der Waals surface area contributed by atoms with Crippen molar-refractivity contribution in [3.8, 4) is 0 Å². The van der Waals surface area contributed by atoms with Gasteiger partial charge in [0.15, 0.2) is 6.10 Å². The molecular formula is C5H11IO3. The number of hydrogen-bond acceptors (Lipinski definition) is 3. The van der Waals surface area contributed by atoms with Crippen molar-refractivity contribution in [2.24, 2.45) is 5.92 Å². The molecule has 0 N–H and O–H groups in total. The lowest BCUT2D eigenvalue weighted by Gasteiger charge is -2.06. The second-order valence-electron chi connectivity index (χ2n) is 2.23. The second-order valence-corrected chi connectivity index (χ2v) is 3.81. The van der Waals surface area contributed by atoms with Crippen molar-refractivity contribution in [3.05, 3.63) is 0 Å². The first-order valence-corrected chi connectivity index (χ1v) is 5.41. The van der Waals surface area contributed by atoms with Gasteiger partial charge in [-0.2, -0.15) is 0 Å². The van der Waals surface area contributed by atoms with Crippen LogP contribution in [0.4, 0.5) is 0 Å². The van der Waals surface area contributed by atoms with Gasteiger partial charge in [0.05, 0.1) is 0 Å². The molecule has 3 nitrogen and oxygen atoms in total. The van der Waals surface area contributed by atoms with Crippen molar-refractivity contribution in [1.29, 1.82) is 0 Å². The monoisotopic (exact) mass is 246 g/mol. The van der Waals surface area contributed by atoms with E-state index in [1.165, 1.54) is 0 Å². The molecule has 0 aromatic rings. The van der Waals surface area contributed by atoms with E-state index in [9.17, 15) is 6.87 Å². The Balaban J connectivity index is 3.38. The lowest BCUT2D eigenvalue weighted by atomic mass is 10.1. The topological polar surface area (TPSA) is 55.3 Å². The van der Waals surface area contributed by atoms with Crippen LogP contribution in [0.1, 0.15) is 20.8 Å². The summed E-state index contributed by atoms with van der Waals surface area (Å²) < 4.78 is 24.6. The van der Waals surface area contributed by atoms with Gasteiger partial charge >= 0.3 is 21.1 Å². The van der Waals surface area contributed by atoms with Gasteiger partial charge in [0.2, 0.25) is 0 Å². The summed E-state index contributed by atoms with van der Waals surface area (Å²) in [4.78, 5) is 0. The zero-order valence-corrected chi connectivity index (χ0v) is 7.91. The van der Waals surface area contributed by atoms with Crippen molar-refractivity contribution in [2.45, 2.75) is 26.9 Å². The van der Waals surface area contributed by atoms with Crippen LogP contribution in [0.25, 0.3) is 0 Å². The van der Waals surface area contributed by atoms with Gasteiger partial charge in [-0.15, -0.1) is 0 Å². The Kier molecular flexibility index (Phi) is 4.73. The molecule has 0 aliphatic rings. The van der Waals surface area contributed by atoms with E-state index in [4.69, 9.17) is 0 Å². The van der Waals surface area contributed by atoms with Crippen LogP contribution in [-0.4, -0.2) is 6.10 Å². The first kappa shape index (κ1) is 9.61. The first-order valence-electron chi connectivity index (χ1n) is 2.76. The summed E-state index contributed by atoms with van der Waals surface area (Å²) in [6.07, 6.45) is -0.162. The van der Waals surface area contributed by atoms with Crippen molar-refractivity contribution >= 4 is 0 Å². The van der Waals surface area contributed by atoms with Crippen LogP contribution in [-0.2, 0) is 3.07 Å². The van der Waals surface area contributed by atoms with Gasteiger partial charge < -0.3 is 6.87 Å². The molecule has 0 aliphatic heterocycles. The van der Waals surface area contributed by atoms with Crippen molar-refractivity contribution in [1.82, 2.24) is 0 Å². The first-order chi connectivity index (χ1) is 4.04. The molecule has 0 bridgehead atoms. The highest BCUT2D eigenvalue weighted by Crippen LogP contribution is 1.99. The van der Waals surface area contributed by atoms with E-state index in [0.29, 0.717) is 0 Å². The summed E-state index contributed by atoms with van der Waals surface area (Å²) in [6.45, 7) is 5.60. The van der Waals surface area contributed by atoms with Gasteiger partial charge in [0, 0.05) is 0 Å². The largest absolute Gasteiger partial charge is 0.506 e. The van der Waals surface area contributed by atoms with E-state index in [-0.39, 0.29) is 12.0 Å². The fourth-order valence-electron chi connectivity index (χ4n) is 0.218. The van der Waals surface area contributed by atoms with E-state index >= 15 is 0 Å². The number of hydrogen-bond donors (Lipinski definition) is 0. The van der Waals surface area contributed by atoms with Crippen LogP contribution in [0.3, 0.4) is 0 Å². The van der Waals surface area contributed by atoms with Gasteiger partial charge in [-0.25, -0.2) is 0 Å². The molecule has 0 aliphatic carbocycles. The average molecular weight is 246 g/mol. The molecule has 0 saturated carbocycles. The fourth-order valence-corrected chi connectivity index (χ4v) is 1.46. The molecule has 0 saturated heterocycles. The van der Waals surface area contributed by atoms with Crippen LogP contribution >= 0.6 is 0 Å². The maximum absolute atomic E-state index is 10.0. The van der Waals surface area contributed by atoms with E-state index in [2.05, 4.69) is 3.07 Å². The van der Waals surface area contributed by atoms with Crippen LogP contribution in [0.15, 0.2) is 0 Å². The molecule has 0 fully saturated rings. The van der Waals surface area contributed by atoms with Gasteiger partial charge in [-0.05, 0) is 15.9 Å². The minimum Gasteiger partial charge on any atom is -0.396 e. The zero-order valence-electron chi connectivity index (χ0n) is 5.76. The maximum Gasteiger partial charge on any atom is 0.506 e. The zero-order chi connectivity index (χ0) is 7.44. The van der Waals surface area contributed by atoms with Crippen molar-refractivity contribution in [3.63, 3.8) is 0 Å². The lowest BCUT2D eigenvalue weighted by molar-refractivity contribution is -1.63. The van der Waals surface area contributed by atoms with Crippen molar-refractivity contribution in [2.75, 3.05) is 0 Å². The molecule has 4 heteroatoms. The molecule has 0 spiro atoms. The van der Waals surface area contributed by atoms with Crippen LogP contribution < -0.4 is 27.9 Å². The summed E-state index contributed by atoms with van der Waals surface area (Å²) in [5.74, 6) is 0.271.